The third-order valence-electron chi connectivity index (χ3n) is 2.17. The molecule has 94 valence electrons. The van der Waals surface area contributed by atoms with E-state index in [1.54, 1.807) is 10.8 Å². The molecule has 0 radical (unpaired) electrons. The highest BCUT2D eigenvalue weighted by Crippen LogP contribution is 1.99. The van der Waals surface area contributed by atoms with E-state index in [0.29, 0.717) is 6.61 Å². The first-order valence-corrected chi connectivity index (χ1v) is 5.75. The summed E-state index contributed by atoms with van der Waals surface area (Å²) in [5.74, 6) is -0.935. The second kappa shape index (κ2) is 6.83. The van der Waals surface area contributed by atoms with Crippen LogP contribution in [0.15, 0.2) is 12.3 Å². The summed E-state index contributed by atoms with van der Waals surface area (Å²) < 4.78 is 11.6. The monoisotopic (exact) mass is 240 g/mol. The Morgan fingerprint density at radius 2 is 2.24 bits per heavy atom. The molecule has 1 rings (SSSR count). The molecule has 0 aromatic heterocycles. The van der Waals surface area contributed by atoms with Gasteiger partial charge in [0.05, 0.1) is 6.61 Å². The minimum atomic E-state index is -0.847. The van der Waals surface area contributed by atoms with Crippen molar-refractivity contribution in [3.8, 4) is 0 Å². The lowest BCUT2D eigenvalue weighted by Crippen LogP contribution is -2.29. The second-order valence-corrected chi connectivity index (χ2v) is 3.77. The van der Waals surface area contributed by atoms with Gasteiger partial charge in [-0.05, 0) is 19.4 Å². The first-order valence-electron chi connectivity index (χ1n) is 5.75. The predicted molar refractivity (Wildman–Crippen MR) is 61.8 cm³/mol. The molecule has 5 heteroatoms. The number of rotatable bonds is 6. The fraction of sp³-hybridized carbons (Fsp3) is 0.583. The number of hydrogen-bond donors (Lipinski definition) is 0. The van der Waals surface area contributed by atoms with Crippen molar-refractivity contribution in [1.82, 2.24) is 0 Å². The molecule has 0 saturated carbocycles. The van der Waals surface area contributed by atoms with E-state index >= 15 is 0 Å². The van der Waals surface area contributed by atoms with Crippen LogP contribution in [0.25, 0.3) is 0 Å². The van der Waals surface area contributed by atoms with E-state index in [4.69, 9.17) is 9.47 Å². The van der Waals surface area contributed by atoms with Crippen LogP contribution in [-0.4, -0.2) is 42.0 Å². The van der Waals surface area contributed by atoms with Crippen molar-refractivity contribution in [1.29, 1.82) is 0 Å². The van der Waals surface area contributed by atoms with Gasteiger partial charge in [-0.1, -0.05) is 6.92 Å². The van der Waals surface area contributed by atoms with Gasteiger partial charge in [-0.3, -0.25) is 0 Å². The van der Waals surface area contributed by atoms with Gasteiger partial charge in [0.15, 0.2) is 12.3 Å². The minimum Gasteiger partial charge on any atom is -0.463 e. The van der Waals surface area contributed by atoms with E-state index in [0.717, 1.165) is 12.8 Å². The molecule has 1 aliphatic rings. The van der Waals surface area contributed by atoms with Crippen LogP contribution >= 0.6 is 0 Å². The fourth-order valence-corrected chi connectivity index (χ4v) is 1.32. The summed E-state index contributed by atoms with van der Waals surface area (Å²) in [5, 5.41) is 0. The van der Waals surface area contributed by atoms with Gasteiger partial charge in [-0.2, -0.15) is 4.58 Å². The SMILES string of the molecule is CCCOC(=O)C(C)OC(=O)C[N+]1=CCC=C1. The maximum absolute atomic E-state index is 11.5. The summed E-state index contributed by atoms with van der Waals surface area (Å²) >= 11 is 0. The standard InChI is InChI=1S/C12H18NO4/c1-3-8-16-12(15)10(2)17-11(14)9-13-6-4-5-7-13/h4,6-7,10H,3,5,8-9H2,1-2H3/q+1. The van der Waals surface area contributed by atoms with Crippen LogP contribution in [0.2, 0.25) is 0 Å². The van der Waals surface area contributed by atoms with E-state index in [2.05, 4.69) is 0 Å². The molecule has 5 nitrogen and oxygen atoms in total. The van der Waals surface area contributed by atoms with Crippen molar-refractivity contribution in [3.05, 3.63) is 12.3 Å². The van der Waals surface area contributed by atoms with Crippen molar-refractivity contribution in [2.45, 2.75) is 32.8 Å². The van der Waals surface area contributed by atoms with Crippen molar-refractivity contribution >= 4 is 18.2 Å². The summed E-state index contributed by atoms with van der Waals surface area (Å²) in [6.07, 6.45) is 6.34. The Bertz CT molecular complexity index is 346. The Labute approximate surface area is 101 Å². The van der Waals surface area contributed by atoms with E-state index in [1.807, 2.05) is 19.2 Å². The number of allylic oxidation sites excluding steroid dienone is 1. The molecule has 0 aromatic carbocycles. The average molecular weight is 240 g/mol. The molecule has 0 amide bonds. The molecule has 0 aliphatic carbocycles. The second-order valence-electron chi connectivity index (χ2n) is 3.77. The van der Waals surface area contributed by atoms with Crippen LogP contribution in [-0.2, 0) is 19.1 Å². The first kappa shape index (κ1) is 13.4. The average Bonchev–Trinajstić information content (AvgIpc) is 2.78. The molecule has 0 bridgehead atoms. The van der Waals surface area contributed by atoms with Gasteiger partial charge in [0.1, 0.15) is 6.21 Å². The molecule has 0 saturated heterocycles. The van der Waals surface area contributed by atoms with Gasteiger partial charge in [-0.15, -0.1) is 0 Å². The Morgan fingerprint density at radius 1 is 1.47 bits per heavy atom. The van der Waals surface area contributed by atoms with Crippen LogP contribution in [0, 0.1) is 0 Å². The Balaban J connectivity index is 2.29. The van der Waals surface area contributed by atoms with Crippen LogP contribution in [0.3, 0.4) is 0 Å². The molecule has 1 atom stereocenters. The summed E-state index contributed by atoms with van der Waals surface area (Å²) in [5.41, 5.74) is 0. The topological polar surface area (TPSA) is 55.6 Å². The predicted octanol–water partition coefficient (Wildman–Crippen LogP) is 0.872. The zero-order valence-electron chi connectivity index (χ0n) is 10.2. The summed E-state index contributed by atoms with van der Waals surface area (Å²) in [6, 6.07) is 0. The number of carbonyl (C=O) groups is 2. The number of hydrogen-bond acceptors (Lipinski definition) is 4. The van der Waals surface area contributed by atoms with E-state index < -0.39 is 18.0 Å². The molecule has 0 fully saturated rings. The van der Waals surface area contributed by atoms with Crippen molar-refractivity contribution in [3.63, 3.8) is 0 Å². The third-order valence-corrected chi connectivity index (χ3v) is 2.17. The first-order chi connectivity index (χ1) is 8.13. The number of ether oxygens (including phenoxy) is 2. The summed E-state index contributed by atoms with van der Waals surface area (Å²) in [6.45, 7) is 3.89. The van der Waals surface area contributed by atoms with Gasteiger partial charge < -0.3 is 9.47 Å². The number of esters is 2. The van der Waals surface area contributed by atoms with Gasteiger partial charge >= 0.3 is 11.9 Å². The van der Waals surface area contributed by atoms with Crippen LogP contribution in [0.4, 0.5) is 0 Å². The number of carbonyl (C=O) groups excluding carboxylic acids is 2. The summed E-state index contributed by atoms with van der Waals surface area (Å²) in [4.78, 5) is 22.8. The molecule has 0 aromatic rings. The third kappa shape index (κ3) is 4.80. The lowest BCUT2D eigenvalue weighted by molar-refractivity contribution is -0.440. The lowest BCUT2D eigenvalue weighted by Gasteiger charge is -2.11. The van der Waals surface area contributed by atoms with Crippen LogP contribution < -0.4 is 0 Å². The van der Waals surface area contributed by atoms with E-state index in [9.17, 15) is 9.59 Å². The van der Waals surface area contributed by atoms with Crippen LogP contribution in [0.5, 0.6) is 0 Å². The normalized spacial score (nSPS) is 15.3. The Hall–Kier alpha value is -1.65. The molecule has 0 N–H and O–H groups in total. The van der Waals surface area contributed by atoms with Crippen molar-refractivity contribution < 1.29 is 23.6 Å². The molecule has 1 aliphatic heterocycles. The van der Waals surface area contributed by atoms with Crippen molar-refractivity contribution in [2.24, 2.45) is 0 Å². The van der Waals surface area contributed by atoms with E-state index in [-0.39, 0.29) is 6.54 Å². The van der Waals surface area contributed by atoms with Gasteiger partial charge in [0, 0.05) is 6.42 Å². The maximum atomic E-state index is 11.5. The van der Waals surface area contributed by atoms with Crippen molar-refractivity contribution in [2.75, 3.05) is 13.2 Å². The number of nitrogens with zero attached hydrogens (tertiary/aromatic N) is 1. The molecule has 17 heavy (non-hydrogen) atoms. The largest absolute Gasteiger partial charge is 0.463 e. The van der Waals surface area contributed by atoms with E-state index in [1.165, 1.54) is 6.92 Å². The maximum Gasteiger partial charge on any atom is 0.373 e. The summed E-state index contributed by atoms with van der Waals surface area (Å²) in [7, 11) is 0. The fourth-order valence-electron chi connectivity index (χ4n) is 1.32. The Kier molecular flexibility index (Phi) is 5.39. The lowest BCUT2D eigenvalue weighted by atomic mass is 10.4. The molecular weight excluding hydrogens is 222 g/mol. The molecular formula is C12H18NO4+. The minimum absolute atomic E-state index is 0.127. The zero-order chi connectivity index (χ0) is 12.7. The highest BCUT2D eigenvalue weighted by atomic mass is 16.6. The zero-order valence-corrected chi connectivity index (χ0v) is 10.2. The quantitative estimate of drug-likeness (QED) is 0.510. The van der Waals surface area contributed by atoms with Crippen LogP contribution in [0.1, 0.15) is 26.7 Å². The highest BCUT2D eigenvalue weighted by molar-refractivity contribution is 5.79. The van der Waals surface area contributed by atoms with Gasteiger partial charge in [-0.25, -0.2) is 9.59 Å². The molecule has 0 spiro atoms. The Morgan fingerprint density at radius 3 is 2.82 bits per heavy atom. The van der Waals surface area contributed by atoms with Gasteiger partial charge in [0.2, 0.25) is 6.54 Å². The molecule has 1 unspecified atom stereocenters. The smallest absolute Gasteiger partial charge is 0.373 e. The highest BCUT2D eigenvalue weighted by Gasteiger charge is 2.21. The molecule has 1 heterocycles. The van der Waals surface area contributed by atoms with Gasteiger partial charge in [0.25, 0.3) is 0 Å².